The Hall–Kier alpha value is -3.41. The number of nitrogens with zero attached hydrogens (tertiary/aromatic N) is 1. The average Bonchev–Trinajstić information content (AvgIpc) is 3.16. The fourth-order valence-electron chi connectivity index (χ4n) is 3.02. The largest absolute Gasteiger partial charge is 0.503 e. The van der Waals surface area contributed by atoms with Crippen molar-refractivity contribution in [2.24, 2.45) is 0 Å². The van der Waals surface area contributed by atoms with Gasteiger partial charge in [0.2, 0.25) is 0 Å². The molecule has 0 amide bonds. The van der Waals surface area contributed by atoms with Gasteiger partial charge in [-0.3, -0.25) is 0 Å². The van der Waals surface area contributed by atoms with Gasteiger partial charge in [-0.25, -0.2) is 4.79 Å². The summed E-state index contributed by atoms with van der Waals surface area (Å²) < 4.78 is 17.5. The zero-order valence-corrected chi connectivity index (χ0v) is 13.6. The molecular weight excluding hydrogens is 322 g/mol. The Morgan fingerprint density at radius 1 is 1.12 bits per heavy atom. The number of carbonyl (C=O) groups is 1. The Kier molecular flexibility index (Phi) is 3.39. The molecule has 2 heterocycles. The molecule has 6 nitrogen and oxygen atoms in total. The number of hydrogen-bond donors (Lipinski definition) is 1. The van der Waals surface area contributed by atoms with Crippen molar-refractivity contribution in [2.45, 2.75) is 0 Å². The summed E-state index contributed by atoms with van der Waals surface area (Å²) in [6, 6.07) is 15.0. The number of benzene rings is 2. The third-order valence-electron chi connectivity index (χ3n) is 4.16. The fourth-order valence-corrected chi connectivity index (χ4v) is 3.02. The van der Waals surface area contributed by atoms with E-state index in [0.717, 1.165) is 16.6 Å². The van der Waals surface area contributed by atoms with Crippen molar-refractivity contribution in [2.75, 3.05) is 14.2 Å². The number of esters is 1. The van der Waals surface area contributed by atoms with Crippen LogP contribution in [0.5, 0.6) is 11.5 Å². The second-order valence-corrected chi connectivity index (χ2v) is 5.50. The molecule has 0 aliphatic rings. The monoisotopic (exact) mass is 337 g/mol. The molecule has 1 N–H and O–H groups in total. The van der Waals surface area contributed by atoms with E-state index >= 15 is 0 Å². The number of aromatic nitrogens is 1. The highest BCUT2D eigenvalue weighted by atomic mass is 16.5. The van der Waals surface area contributed by atoms with Gasteiger partial charge in [0.1, 0.15) is 11.3 Å². The number of furan rings is 1. The van der Waals surface area contributed by atoms with Crippen molar-refractivity contribution in [3.05, 3.63) is 54.3 Å². The predicted octanol–water partition coefficient (Wildman–Crippen LogP) is 3.88. The summed E-state index contributed by atoms with van der Waals surface area (Å²) in [5, 5.41) is 11.3. The van der Waals surface area contributed by atoms with Crippen molar-refractivity contribution in [3.8, 4) is 17.2 Å². The van der Waals surface area contributed by atoms with Crippen molar-refractivity contribution < 1.29 is 23.8 Å². The second-order valence-electron chi connectivity index (χ2n) is 5.50. The summed E-state index contributed by atoms with van der Waals surface area (Å²) in [5.74, 6) is -0.553. The third kappa shape index (κ3) is 2.15. The first-order valence-corrected chi connectivity index (χ1v) is 7.63. The van der Waals surface area contributed by atoms with Crippen LogP contribution in [0.25, 0.3) is 27.7 Å². The highest BCUT2D eigenvalue weighted by molar-refractivity contribution is 6.11. The molecule has 2 aromatic heterocycles. The molecule has 0 aliphatic heterocycles. The molecule has 6 heteroatoms. The number of fused-ring (bicyclic) bond motifs is 3. The Labute approximate surface area is 142 Å². The van der Waals surface area contributed by atoms with E-state index in [9.17, 15) is 9.90 Å². The minimum Gasteiger partial charge on any atom is -0.503 e. The van der Waals surface area contributed by atoms with E-state index in [0.29, 0.717) is 16.8 Å². The molecule has 0 saturated heterocycles. The van der Waals surface area contributed by atoms with Crippen molar-refractivity contribution in [1.29, 1.82) is 0 Å². The number of ether oxygens (including phenoxy) is 2. The first-order chi connectivity index (χ1) is 12.2. The number of para-hydroxylation sites is 1. The summed E-state index contributed by atoms with van der Waals surface area (Å²) in [6.07, 6.45) is 0. The van der Waals surface area contributed by atoms with Crippen LogP contribution in [-0.2, 0) is 4.74 Å². The van der Waals surface area contributed by atoms with Gasteiger partial charge in [-0.2, -0.15) is 0 Å². The maximum absolute atomic E-state index is 11.9. The molecule has 25 heavy (non-hydrogen) atoms. The van der Waals surface area contributed by atoms with Gasteiger partial charge in [-0.1, -0.05) is 18.2 Å². The molecule has 0 aliphatic carbocycles. The van der Waals surface area contributed by atoms with Crippen LogP contribution in [0.2, 0.25) is 0 Å². The number of rotatable bonds is 3. The smallest absolute Gasteiger partial charge is 0.378 e. The number of aromatic hydroxyl groups is 1. The van der Waals surface area contributed by atoms with E-state index in [-0.39, 0.29) is 11.5 Å². The molecule has 126 valence electrons. The van der Waals surface area contributed by atoms with Gasteiger partial charge in [0, 0.05) is 11.1 Å². The van der Waals surface area contributed by atoms with Crippen molar-refractivity contribution in [1.82, 2.24) is 4.57 Å². The molecule has 0 radical (unpaired) electrons. The average molecular weight is 337 g/mol. The van der Waals surface area contributed by atoms with Gasteiger partial charge in [0.15, 0.2) is 11.3 Å². The molecule has 0 unspecified atom stereocenters. The van der Waals surface area contributed by atoms with Crippen LogP contribution in [0.3, 0.4) is 0 Å². The third-order valence-corrected chi connectivity index (χ3v) is 4.16. The van der Waals surface area contributed by atoms with Gasteiger partial charge >= 0.3 is 5.97 Å². The van der Waals surface area contributed by atoms with Crippen LogP contribution in [0, 0.1) is 0 Å². The molecule has 4 aromatic rings. The SMILES string of the molecule is COC(=O)c1oc2c3cc(OC)ccc3n(-c3ccccc3)c2c1O. The Balaban J connectivity index is 2.16. The molecule has 0 atom stereocenters. The van der Waals surface area contributed by atoms with Crippen molar-refractivity contribution >= 4 is 28.0 Å². The fraction of sp³-hybridized carbons (Fsp3) is 0.105. The van der Waals surface area contributed by atoms with Gasteiger partial charge in [0.25, 0.3) is 5.76 Å². The molecule has 4 rings (SSSR count). The van der Waals surface area contributed by atoms with E-state index in [1.54, 1.807) is 13.2 Å². The molecule has 0 saturated carbocycles. The quantitative estimate of drug-likeness (QED) is 0.574. The Morgan fingerprint density at radius 2 is 1.88 bits per heavy atom. The Morgan fingerprint density at radius 3 is 2.56 bits per heavy atom. The van der Waals surface area contributed by atoms with Crippen LogP contribution < -0.4 is 4.74 Å². The van der Waals surface area contributed by atoms with Crippen LogP contribution in [-0.4, -0.2) is 29.9 Å². The summed E-state index contributed by atoms with van der Waals surface area (Å²) in [5.41, 5.74) is 2.47. The maximum Gasteiger partial charge on any atom is 0.378 e. The van der Waals surface area contributed by atoms with E-state index < -0.39 is 5.97 Å². The minimum absolute atomic E-state index is 0.220. The van der Waals surface area contributed by atoms with Gasteiger partial charge < -0.3 is 23.6 Å². The summed E-state index contributed by atoms with van der Waals surface area (Å²) >= 11 is 0. The second kappa shape index (κ2) is 5.59. The van der Waals surface area contributed by atoms with Gasteiger partial charge in [-0.15, -0.1) is 0 Å². The topological polar surface area (TPSA) is 73.8 Å². The molecule has 0 bridgehead atoms. The minimum atomic E-state index is -0.732. The first kappa shape index (κ1) is 15.1. The predicted molar refractivity (Wildman–Crippen MR) is 92.6 cm³/mol. The molecule has 0 fully saturated rings. The van der Waals surface area contributed by atoms with Crippen LogP contribution in [0.1, 0.15) is 10.6 Å². The van der Waals surface area contributed by atoms with E-state index in [4.69, 9.17) is 13.9 Å². The summed E-state index contributed by atoms with van der Waals surface area (Å²) in [4.78, 5) is 11.9. The lowest BCUT2D eigenvalue weighted by Gasteiger charge is -2.07. The van der Waals surface area contributed by atoms with Crippen molar-refractivity contribution in [3.63, 3.8) is 0 Å². The number of hydrogen-bond acceptors (Lipinski definition) is 5. The maximum atomic E-state index is 11.9. The van der Waals surface area contributed by atoms with E-state index in [2.05, 4.69) is 0 Å². The lowest BCUT2D eigenvalue weighted by atomic mass is 10.2. The van der Waals surface area contributed by atoms with Gasteiger partial charge in [0.05, 0.1) is 19.7 Å². The molecule has 0 spiro atoms. The summed E-state index contributed by atoms with van der Waals surface area (Å²) in [6.45, 7) is 0. The van der Waals surface area contributed by atoms with Gasteiger partial charge in [-0.05, 0) is 30.3 Å². The van der Waals surface area contributed by atoms with Crippen LogP contribution in [0.15, 0.2) is 52.9 Å². The van der Waals surface area contributed by atoms with Crippen LogP contribution in [0.4, 0.5) is 0 Å². The lowest BCUT2D eigenvalue weighted by molar-refractivity contribution is 0.0563. The number of methoxy groups -OCH3 is 2. The standard InChI is InChI=1S/C19H15NO5/c1-23-12-8-9-14-13(10-12)17-15(16(21)18(25-17)19(22)24-2)20(14)11-6-4-3-5-7-11/h3-10,21H,1-2H3. The van der Waals surface area contributed by atoms with E-state index in [1.165, 1.54) is 7.11 Å². The first-order valence-electron chi connectivity index (χ1n) is 7.63. The van der Waals surface area contributed by atoms with Crippen LogP contribution >= 0.6 is 0 Å². The Bertz CT molecular complexity index is 1090. The zero-order valence-electron chi connectivity index (χ0n) is 13.6. The zero-order chi connectivity index (χ0) is 17.6. The highest BCUT2D eigenvalue weighted by Crippen LogP contribution is 2.42. The number of carbonyl (C=O) groups excluding carboxylic acids is 1. The lowest BCUT2D eigenvalue weighted by Crippen LogP contribution is -2.00. The van der Waals surface area contributed by atoms with E-state index in [1.807, 2.05) is 47.0 Å². The molecule has 2 aromatic carbocycles. The highest BCUT2D eigenvalue weighted by Gasteiger charge is 2.27. The normalized spacial score (nSPS) is 11.1. The molecular formula is C19H15NO5. The summed E-state index contributed by atoms with van der Waals surface area (Å²) in [7, 11) is 2.81.